The Morgan fingerprint density at radius 2 is 1.79 bits per heavy atom. The number of nitrogens with zero attached hydrogens (tertiary/aromatic N) is 6. The number of ether oxygens (including phenoxy) is 1. The predicted molar refractivity (Wildman–Crippen MR) is 112 cm³/mol. The summed E-state index contributed by atoms with van der Waals surface area (Å²) in [4.78, 5) is 29.8. The van der Waals surface area contributed by atoms with E-state index < -0.39 is 0 Å². The summed E-state index contributed by atoms with van der Waals surface area (Å²) in [7, 11) is 0. The number of carbonyl (C=O) groups is 1. The molecule has 3 fully saturated rings. The standard InChI is InChI=1S/C20H33N7O2/c1-2-24-10-12-25(13-11-24)6-3-7-27-15-20(29-19(27)28)4-8-26(9-5-20)18-14-17(21)22-16-23-18/h14,16H,2-13,15H2,1H3,(H2,21,22,23). The molecule has 1 aromatic rings. The van der Waals surface area contributed by atoms with E-state index in [0.717, 1.165) is 84.0 Å². The average molecular weight is 404 g/mol. The lowest BCUT2D eigenvalue weighted by molar-refractivity contribution is 0.0366. The Hall–Kier alpha value is -2.13. The monoisotopic (exact) mass is 403 g/mol. The first-order valence-electron chi connectivity index (χ1n) is 10.8. The number of amides is 1. The molecule has 0 aromatic carbocycles. The van der Waals surface area contributed by atoms with Crippen molar-refractivity contribution in [3.63, 3.8) is 0 Å². The van der Waals surface area contributed by atoms with Gasteiger partial charge < -0.3 is 30.1 Å². The van der Waals surface area contributed by atoms with Crippen LogP contribution in [0.4, 0.5) is 16.4 Å². The van der Waals surface area contributed by atoms with Gasteiger partial charge in [-0.3, -0.25) is 0 Å². The van der Waals surface area contributed by atoms with Crippen molar-refractivity contribution in [2.24, 2.45) is 0 Å². The lowest BCUT2D eigenvalue weighted by Crippen LogP contribution is -2.47. The predicted octanol–water partition coefficient (Wildman–Crippen LogP) is 0.878. The first-order valence-corrected chi connectivity index (χ1v) is 10.8. The SMILES string of the molecule is CCN1CCN(CCCN2CC3(CCN(c4cc(N)ncn4)CC3)OC2=O)CC1. The molecule has 0 saturated carbocycles. The van der Waals surface area contributed by atoms with Crippen LogP contribution in [0.5, 0.6) is 0 Å². The van der Waals surface area contributed by atoms with Crippen LogP contribution in [-0.4, -0.2) is 102 Å². The number of aromatic nitrogens is 2. The second kappa shape index (κ2) is 8.71. The topological polar surface area (TPSA) is 91.1 Å². The summed E-state index contributed by atoms with van der Waals surface area (Å²) in [6.07, 6.45) is 3.98. The minimum Gasteiger partial charge on any atom is -0.441 e. The number of nitrogens with two attached hydrogens (primary N) is 1. The number of likely N-dealkylation sites (N-methyl/N-ethyl adjacent to an activating group) is 1. The maximum atomic E-state index is 12.4. The second-order valence-electron chi connectivity index (χ2n) is 8.39. The third-order valence-electron chi connectivity index (χ3n) is 6.53. The van der Waals surface area contributed by atoms with Crippen LogP contribution in [-0.2, 0) is 4.74 Å². The minimum atomic E-state index is -0.348. The zero-order valence-corrected chi connectivity index (χ0v) is 17.4. The Morgan fingerprint density at radius 3 is 2.48 bits per heavy atom. The van der Waals surface area contributed by atoms with Crippen LogP contribution in [0.1, 0.15) is 26.2 Å². The summed E-state index contributed by atoms with van der Waals surface area (Å²) in [5, 5.41) is 0. The van der Waals surface area contributed by atoms with E-state index in [0.29, 0.717) is 12.4 Å². The van der Waals surface area contributed by atoms with Crippen molar-refractivity contribution < 1.29 is 9.53 Å². The number of hydrogen-bond acceptors (Lipinski definition) is 8. The van der Waals surface area contributed by atoms with E-state index in [-0.39, 0.29) is 11.7 Å². The summed E-state index contributed by atoms with van der Waals surface area (Å²) in [6.45, 7) is 12.1. The fourth-order valence-electron chi connectivity index (χ4n) is 4.62. The zero-order chi connectivity index (χ0) is 20.3. The molecule has 0 unspecified atom stereocenters. The molecule has 3 aliphatic rings. The third kappa shape index (κ3) is 4.72. The van der Waals surface area contributed by atoms with Gasteiger partial charge in [0.15, 0.2) is 0 Å². The first kappa shape index (κ1) is 20.2. The molecule has 4 rings (SSSR count). The smallest absolute Gasteiger partial charge is 0.410 e. The lowest BCUT2D eigenvalue weighted by atomic mass is 9.91. The van der Waals surface area contributed by atoms with Crippen molar-refractivity contribution in [1.29, 1.82) is 0 Å². The number of piperidine rings is 1. The van der Waals surface area contributed by atoms with Gasteiger partial charge in [-0.15, -0.1) is 0 Å². The molecule has 3 saturated heterocycles. The number of piperazine rings is 1. The molecule has 160 valence electrons. The minimum absolute atomic E-state index is 0.152. The highest BCUT2D eigenvalue weighted by Crippen LogP contribution is 2.34. The highest BCUT2D eigenvalue weighted by molar-refractivity contribution is 5.70. The molecular weight excluding hydrogens is 370 g/mol. The van der Waals surface area contributed by atoms with Crippen LogP contribution in [0, 0.1) is 0 Å². The Balaban J connectivity index is 1.22. The van der Waals surface area contributed by atoms with E-state index in [2.05, 4.69) is 31.6 Å². The van der Waals surface area contributed by atoms with Crippen LogP contribution < -0.4 is 10.6 Å². The molecule has 0 atom stereocenters. The summed E-state index contributed by atoms with van der Waals surface area (Å²) in [5.41, 5.74) is 5.42. The van der Waals surface area contributed by atoms with E-state index in [9.17, 15) is 4.79 Å². The third-order valence-corrected chi connectivity index (χ3v) is 6.53. The van der Waals surface area contributed by atoms with E-state index in [1.807, 2.05) is 4.90 Å². The Labute approximate surface area is 172 Å². The molecule has 1 amide bonds. The van der Waals surface area contributed by atoms with Crippen molar-refractivity contribution in [2.75, 3.05) is 76.1 Å². The van der Waals surface area contributed by atoms with Crippen molar-refractivity contribution in [3.05, 3.63) is 12.4 Å². The van der Waals surface area contributed by atoms with Gasteiger partial charge in [-0.2, -0.15) is 0 Å². The van der Waals surface area contributed by atoms with Gasteiger partial charge in [0.2, 0.25) is 0 Å². The van der Waals surface area contributed by atoms with Crippen molar-refractivity contribution in [2.45, 2.75) is 31.8 Å². The van der Waals surface area contributed by atoms with Gasteiger partial charge in [0.25, 0.3) is 0 Å². The van der Waals surface area contributed by atoms with E-state index >= 15 is 0 Å². The van der Waals surface area contributed by atoms with E-state index in [4.69, 9.17) is 10.5 Å². The molecule has 0 radical (unpaired) electrons. The summed E-state index contributed by atoms with van der Waals surface area (Å²) >= 11 is 0. The molecule has 0 bridgehead atoms. The highest BCUT2D eigenvalue weighted by Gasteiger charge is 2.46. The van der Waals surface area contributed by atoms with Crippen LogP contribution in [0.2, 0.25) is 0 Å². The number of hydrogen-bond donors (Lipinski definition) is 1. The summed E-state index contributed by atoms with van der Waals surface area (Å²) < 4.78 is 5.86. The van der Waals surface area contributed by atoms with Crippen molar-refractivity contribution in [3.8, 4) is 0 Å². The summed E-state index contributed by atoms with van der Waals surface area (Å²) in [5.74, 6) is 1.32. The first-order chi connectivity index (χ1) is 14.1. The molecule has 3 aliphatic heterocycles. The molecule has 9 heteroatoms. The Bertz CT molecular complexity index is 700. The molecular formula is C20H33N7O2. The van der Waals surface area contributed by atoms with Gasteiger partial charge in [0.05, 0.1) is 6.54 Å². The van der Waals surface area contributed by atoms with Crippen LogP contribution in [0.15, 0.2) is 12.4 Å². The Kier molecular flexibility index (Phi) is 6.05. The van der Waals surface area contributed by atoms with Crippen molar-refractivity contribution in [1.82, 2.24) is 24.7 Å². The fraction of sp³-hybridized carbons (Fsp3) is 0.750. The largest absolute Gasteiger partial charge is 0.441 e. The maximum Gasteiger partial charge on any atom is 0.410 e. The quantitative estimate of drug-likeness (QED) is 0.749. The number of rotatable bonds is 6. The average Bonchev–Trinajstić information content (AvgIpc) is 3.04. The zero-order valence-electron chi connectivity index (χ0n) is 17.4. The molecule has 2 N–H and O–H groups in total. The second-order valence-corrected chi connectivity index (χ2v) is 8.39. The Morgan fingerprint density at radius 1 is 1.07 bits per heavy atom. The maximum absolute atomic E-state index is 12.4. The number of nitrogen functional groups attached to an aromatic ring is 1. The van der Waals surface area contributed by atoms with Gasteiger partial charge in [-0.1, -0.05) is 6.92 Å². The lowest BCUT2D eigenvalue weighted by Gasteiger charge is -2.38. The van der Waals surface area contributed by atoms with Gasteiger partial charge in [-0.05, 0) is 19.5 Å². The molecule has 1 aromatic heterocycles. The van der Waals surface area contributed by atoms with Crippen LogP contribution in [0.25, 0.3) is 0 Å². The molecule has 0 aliphatic carbocycles. The van der Waals surface area contributed by atoms with Gasteiger partial charge in [0.1, 0.15) is 23.6 Å². The molecule has 9 nitrogen and oxygen atoms in total. The van der Waals surface area contributed by atoms with E-state index in [1.165, 1.54) is 6.33 Å². The normalized spacial score (nSPS) is 23.0. The van der Waals surface area contributed by atoms with Gasteiger partial charge >= 0.3 is 6.09 Å². The molecule has 1 spiro atoms. The van der Waals surface area contributed by atoms with Crippen LogP contribution in [0.3, 0.4) is 0 Å². The van der Waals surface area contributed by atoms with Gasteiger partial charge in [-0.25, -0.2) is 14.8 Å². The van der Waals surface area contributed by atoms with Gasteiger partial charge in [0, 0.05) is 64.7 Å². The van der Waals surface area contributed by atoms with Crippen LogP contribution >= 0.6 is 0 Å². The molecule has 4 heterocycles. The highest BCUT2D eigenvalue weighted by atomic mass is 16.6. The number of carbonyl (C=O) groups excluding carboxylic acids is 1. The number of anilines is 2. The van der Waals surface area contributed by atoms with Crippen molar-refractivity contribution >= 4 is 17.7 Å². The fourth-order valence-corrected chi connectivity index (χ4v) is 4.62. The summed E-state index contributed by atoms with van der Waals surface area (Å²) in [6, 6.07) is 1.80. The van der Waals surface area contributed by atoms with E-state index in [1.54, 1.807) is 6.07 Å². The molecule has 29 heavy (non-hydrogen) atoms.